The van der Waals surface area contributed by atoms with Gasteiger partial charge in [-0.05, 0) is 69.7 Å². The first kappa shape index (κ1) is 18.8. The molecule has 0 radical (unpaired) electrons. The van der Waals surface area contributed by atoms with Crippen molar-refractivity contribution in [2.24, 2.45) is 5.92 Å². The summed E-state index contributed by atoms with van der Waals surface area (Å²) in [6.45, 7) is 7.35. The highest BCUT2D eigenvalue weighted by Gasteiger charge is 2.21. The normalized spacial score (nSPS) is 22.2. The van der Waals surface area contributed by atoms with Gasteiger partial charge in [-0.1, -0.05) is 12.5 Å². The van der Waals surface area contributed by atoms with Crippen molar-refractivity contribution in [3.8, 4) is 0 Å². The van der Waals surface area contributed by atoms with Gasteiger partial charge in [0.2, 0.25) is 0 Å². The molecule has 3 rings (SSSR count). The first-order valence-electron chi connectivity index (χ1n) is 9.89. The van der Waals surface area contributed by atoms with Crippen molar-refractivity contribution in [1.29, 1.82) is 0 Å². The van der Waals surface area contributed by atoms with Gasteiger partial charge in [-0.15, -0.1) is 0 Å². The molecule has 5 nitrogen and oxygen atoms in total. The van der Waals surface area contributed by atoms with Crippen LogP contribution >= 0.6 is 0 Å². The van der Waals surface area contributed by atoms with Gasteiger partial charge < -0.3 is 10.0 Å². The first-order chi connectivity index (χ1) is 12.2. The predicted octanol–water partition coefficient (Wildman–Crippen LogP) is 2.42. The van der Waals surface area contributed by atoms with Crippen molar-refractivity contribution in [2.75, 3.05) is 39.3 Å². The second kappa shape index (κ2) is 9.62. The molecule has 2 aliphatic heterocycles. The topological polar surface area (TPSA) is 48.8 Å². The van der Waals surface area contributed by atoms with E-state index in [-0.39, 0.29) is 6.10 Å². The third-order valence-corrected chi connectivity index (χ3v) is 5.44. The summed E-state index contributed by atoms with van der Waals surface area (Å²) >= 11 is 0. The van der Waals surface area contributed by atoms with Crippen molar-refractivity contribution < 1.29 is 9.94 Å². The highest BCUT2D eigenvalue weighted by Crippen LogP contribution is 2.21. The molecule has 0 bridgehead atoms. The van der Waals surface area contributed by atoms with Crippen LogP contribution < -0.4 is 0 Å². The van der Waals surface area contributed by atoms with Gasteiger partial charge in [-0.25, -0.2) is 0 Å². The number of hydroxylamine groups is 2. The van der Waals surface area contributed by atoms with Gasteiger partial charge in [0, 0.05) is 31.5 Å². The van der Waals surface area contributed by atoms with Gasteiger partial charge in [0.25, 0.3) is 0 Å². The lowest BCUT2D eigenvalue weighted by molar-refractivity contribution is -0.192. The fraction of sp³-hybridized carbons (Fsp3) is 0.750. The van der Waals surface area contributed by atoms with Crippen LogP contribution in [0.2, 0.25) is 0 Å². The number of aromatic nitrogens is 1. The van der Waals surface area contributed by atoms with Crippen LogP contribution in [0, 0.1) is 12.8 Å². The molecule has 140 valence electrons. The Hall–Kier alpha value is -1.01. The zero-order valence-electron chi connectivity index (χ0n) is 15.6. The average molecular weight is 348 g/mol. The highest BCUT2D eigenvalue weighted by molar-refractivity contribution is 5.13. The maximum atomic E-state index is 10.2. The van der Waals surface area contributed by atoms with Crippen LogP contribution in [0.4, 0.5) is 0 Å². The number of hydrogen-bond acceptors (Lipinski definition) is 5. The molecule has 1 N–H and O–H groups in total. The van der Waals surface area contributed by atoms with Gasteiger partial charge >= 0.3 is 0 Å². The quantitative estimate of drug-likeness (QED) is 0.821. The van der Waals surface area contributed by atoms with Crippen molar-refractivity contribution in [3.63, 3.8) is 0 Å². The van der Waals surface area contributed by atoms with E-state index < -0.39 is 0 Å². The predicted molar refractivity (Wildman–Crippen MR) is 99.2 cm³/mol. The van der Waals surface area contributed by atoms with Crippen LogP contribution in [0.3, 0.4) is 0 Å². The minimum atomic E-state index is -0.380. The number of hydrogen-bond donors (Lipinski definition) is 1. The van der Waals surface area contributed by atoms with E-state index in [9.17, 15) is 5.11 Å². The van der Waals surface area contributed by atoms with E-state index in [1.807, 2.05) is 18.2 Å². The van der Waals surface area contributed by atoms with Gasteiger partial charge in [-0.2, -0.15) is 5.06 Å². The molecule has 2 aliphatic rings. The summed E-state index contributed by atoms with van der Waals surface area (Å²) in [5.74, 6) is 0.711. The average Bonchev–Trinajstić information content (AvgIpc) is 2.64. The Bertz CT molecular complexity index is 494. The molecule has 0 saturated carbocycles. The number of pyridine rings is 1. The Morgan fingerprint density at radius 3 is 2.60 bits per heavy atom. The number of piperidine rings is 2. The molecule has 0 spiro atoms. The molecular weight excluding hydrogens is 314 g/mol. The van der Waals surface area contributed by atoms with Crippen molar-refractivity contribution in [1.82, 2.24) is 14.9 Å². The van der Waals surface area contributed by atoms with Gasteiger partial charge in [0.05, 0.1) is 12.7 Å². The molecular formula is C20H33N3O2. The van der Waals surface area contributed by atoms with Crippen LogP contribution in [-0.4, -0.2) is 65.5 Å². The fourth-order valence-corrected chi connectivity index (χ4v) is 3.88. The molecule has 1 atom stereocenters. The minimum Gasteiger partial charge on any atom is -0.389 e. The third kappa shape index (κ3) is 6.33. The molecule has 25 heavy (non-hydrogen) atoms. The number of aliphatic hydroxyl groups excluding tert-OH is 1. The van der Waals surface area contributed by atoms with E-state index in [4.69, 9.17) is 4.84 Å². The molecule has 5 heteroatoms. The van der Waals surface area contributed by atoms with Gasteiger partial charge in [0.1, 0.15) is 0 Å². The van der Waals surface area contributed by atoms with Crippen LogP contribution in [0.15, 0.2) is 18.3 Å². The summed E-state index contributed by atoms with van der Waals surface area (Å²) in [5.41, 5.74) is 2.41. The van der Waals surface area contributed by atoms with Crippen molar-refractivity contribution in [2.45, 2.75) is 51.6 Å². The molecule has 0 amide bonds. The summed E-state index contributed by atoms with van der Waals surface area (Å²) in [6, 6.07) is 4.29. The lowest BCUT2D eigenvalue weighted by Crippen LogP contribution is -2.41. The zero-order chi connectivity index (χ0) is 17.5. The molecule has 2 fully saturated rings. The Kier molecular flexibility index (Phi) is 7.23. The summed E-state index contributed by atoms with van der Waals surface area (Å²) in [6.07, 6.45) is 8.89. The number of aliphatic hydroxyl groups is 1. The number of rotatable bonds is 7. The van der Waals surface area contributed by atoms with Crippen molar-refractivity contribution in [3.05, 3.63) is 29.6 Å². The Balaban J connectivity index is 1.31. The smallest absolute Gasteiger partial charge is 0.0957 e. The van der Waals surface area contributed by atoms with Crippen LogP contribution in [0.1, 0.15) is 43.4 Å². The number of likely N-dealkylation sites (tertiary alicyclic amines) is 1. The summed E-state index contributed by atoms with van der Waals surface area (Å²) in [4.78, 5) is 12.6. The number of aryl methyl sites for hydroxylation is 1. The second-order valence-electron chi connectivity index (χ2n) is 7.70. The monoisotopic (exact) mass is 347 g/mol. The van der Waals surface area contributed by atoms with E-state index >= 15 is 0 Å². The highest BCUT2D eigenvalue weighted by atomic mass is 16.7. The van der Waals surface area contributed by atoms with Crippen LogP contribution in [0.25, 0.3) is 0 Å². The summed E-state index contributed by atoms with van der Waals surface area (Å²) in [7, 11) is 0. The molecule has 2 saturated heterocycles. The second-order valence-corrected chi connectivity index (χ2v) is 7.70. The standard InChI is InChI=1S/C20H33N3O2/c1-17-5-6-19(14-21-17)13-18-7-11-23(12-8-18)25-16-20(24)15-22-9-3-2-4-10-22/h5-6,14,18,20,24H,2-4,7-13,15-16H2,1H3. The molecule has 0 aromatic carbocycles. The molecule has 1 aromatic heterocycles. The maximum absolute atomic E-state index is 10.2. The lowest BCUT2D eigenvalue weighted by atomic mass is 9.91. The lowest BCUT2D eigenvalue weighted by Gasteiger charge is -2.33. The molecule has 1 unspecified atom stereocenters. The molecule has 1 aromatic rings. The van der Waals surface area contributed by atoms with E-state index in [1.54, 1.807) is 0 Å². The summed E-state index contributed by atoms with van der Waals surface area (Å²) in [5, 5.41) is 12.2. The van der Waals surface area contributed by atoms with Crippen LogP contribution in [0.5, 0.6) is 0 Å². The minimum absolute atomic E-state index is 0.380. The van der Waals surface area contributed by atoms with Crippen molar-refractivity contribution >= 4 is 0 Å². The fourth-order valence-electron chi connectivity index (χ4n) is 3.88. The van der Waals surface area contributed by atoms with Gasteiger partial charge in [-0.3, -0.25) is 9.82 Å². The van der Waals surface area contributed by atoms with Crippen LogP contribution in [-0.2, 0) is 11.3 Å². The molecule has 3 heterocycles. The SMILES string of the molecule is Cc1ccc(CC2CCN(OCC(O)CN3CCCCC3)CC2)cn1. The Labute approximate surface area is 151 Å². The van der Waals surface area contributed by atoms with E-state index in [0.717, 1.165) is 57.7 Å². The number of β-amino-alcohol motifs (C(OH)–C–C–N with tert-alkyl or cyclic N) is 1. The summed E-state index contributed by atoms with van der Waals surface area (Å²) < 4.78 is 0. The van der Waals surface area contributed by atoms with Gasteiger partial charge in [0.15, 0.2) is 0 Å². The maximum Gasteiger partial charge on any atom is 0.0957 e. The largest absolute Gasteiger partial charge is 0.389 e. The zero-order valence-corrected chi connectivity index (χ0v) is 15.6. The third-order valence-electron chi connectivity index (χ3n) is 5.44. The Morgan fingerprint density at radius 2 is 1.92 bits per heavy atom. The first-order valence-corrected chi connectivity index (χ1v) is 9.89. The van der Waals surface area contributed by atoms with E-state index in [1.165, 1.54) is 24.8 Å². The number of nitrogens with zero attached hydrogens (tertiary/aromatic N) is 3. The Morgan fingerprint density at radius 1 is 1.16 bits per heavy atom. The van der Waals surface area contributed by atoms with E-state index in [0.29, 0.717) is 12.5 Å². The molecule has 0 aliphatic carbocycles. The van der Waals surface area contributed by atoms with E-state index in [2.05, 4.69) is 22.0 Å².